The van der Waals surface area contributed by atoms with Gasteiger partial charge in [-0.3, -0.25) is 0 Å². The molecule has 3 heteroatoms. The Kier molecular flexibility index (Phi) is 3.43. The van der Waals surface area contributed by atoms with Gasteiger partial charge in [0.25, 0.3) is 0 Å². The molecule has 1 N–H and O–H groups in total. The van der Waals surface area contributed by atoms with Crippen molar-refractivity contribution in [2.75, 3.05) is 12.0 Å². The van der Waals surface area contributed by atoms with Crippen LogP contribution in [0.4, 0.5) is 5.69 Å². The van der Waals surface area contributed by atoms with Gasteiger partial charge in [0.05, 0.1) is 7.11 Å². The largest absolute Gasteiger partial charge is 0.496 e. The van der Waals surface area contributed by atoms with Crippen LogP contribution >= 0.6 is 0 Å². The minimum absolute atomic E-state index is 0.490. The number of hydrogen-bond acceptors (Lipinski definition) is 3. The van der Waals surface area contributed by atoms with Crippen LogP contribution in [0.15, 0.2) is 60.7 Å². The fourth-order valence-electron chi connectivity index (χ4n) is 3.46. The molecule has 3 aromatic rings. The molecule has 0 aromatic heterocycles. The van der Waals surface area contributed by atoms with Crippen molar-refractivity contribution in [3.63, 3.8) is 0 Å². The Balaban J connectivity index is 1.81. The van der Waals surface area contributed by atoms with Crippen LogP contribution in [0.25, 0.3) is 10.8 Å². The predicted molar refractivity (Wildman–Crippen MR) is 92.8 cm³/mol. The molecule has 0 amide bonds. The highest BCUT2D eigenvalue weighted by Crippen LogP contribution is 2.36. The molecule has 0 spiro atoms. The van der Waals surface area contributed by atoms with E-state index in [1.807, 2.05) is 30.3 Å². The molecule has 1 atom stereocenters. The monoisotopic (exact) mass is 305 g/mol. The van der Waals surface area contributed by atoms with E-state index >= 15 is 0 Å². The number of para-hydroxylation sites is 1. The number of anilines is 1. The number of rotatable bonds is 3. The fourth-order valence-corrected chi connectivity index (χ4v) is 3.46. The van der Waals surface area contributed by atoms with Crippen LogP contribution in [-0.4, -0.2) is 18.4 Å². The van der Waals surface area contributed by atoms with Crippen LogP contribution in [0, 0.1) is 0 Å². The number of aliphatic hydroxyl groups excluding tert-OH is 1. The Bertz CT molecular complexity index is 859. The molecule has 0 bridgehead atoms. The topological polar surface area (TPSA) is 32.7 Å². The summed E-state index contributed by atoms with van der Waals surface area (Å²) in [7, 11) is 1.70. The van der Waals surface area contributed by atoms with Crippen molar-refractivity contribution in [3.8, 4) is 5.75 Å². The number of hydrogen-bond donors (Lipinski definition) is 1. The Labute approximate surface area is 135 Å². The van der Waals surface area contributed by atoms with Crippen LogP contribution in [0.2, 0.25) is 0 Å². The normalized spacial score (nSPS) is 16.6. The second kappa shape index (κ2) is 5.60. The Morgan fingerprint density at radius 3 is 2.70 bits per heavy atom. The zero-order valence-electron chi connectivity index (χ0n) is 13.1. The van der Waals surface area contributed by atoms with Crippen molar-refractivity contribution in [3.05, 3.63) is 71.8 Å². The maximum Gasteiger partial charge on any atom is 0.131 e. The van der Waals surface area contributed by atoms with E-state index in [0.717, 1.165) is 17.0 Å². The molecule has 0 radical (unpaired) electrons. The fraction of sp³-hybridized carbons (Fsp3) is 0.200. The number of benzene rings is 3. The third kappa shape index (κ3) is 2.34. The predicted octanol–water partition coefficient (Wildman–Crippen LogP) is 3.73. The van der Waals surface area contributed by atoms with Crippen LogP contribution in [0.5, 0.6) is 5.75 Å². The molecule has 3 nitrogen and oxygen atoms in total. The van der Waals surface area contributed by atoms with Gasteiger partial charge >= 0.3 is 0 Å². The van der Waals surface area contributed by atoms with Gasteiger partial charge in [0.15, 0.2) is 0 Å². The Hall–Kier alpha value is -2.52. The van der Waals surface area contributed by atoms with Gasteiger partial charge in [0.2, 0.25) is 0 Å². The summed E-state index contributed by atoms with van der Waals surface area (Å²) in [4.78, 5) is 2.06. The van der Waals surface area contributed by atoms with Crippen molar-refractivity contribution in [2.24, 2.45) is 0 Å². The van der Waals surface area contributed by atoms with Gasteiger partial charge < -0.3 is 14.7 Å². The van der Waals surface area contributed by atoms with E-state index in [1.165, 1.54) is 16.3 Å². The summed E-state index contributed by atoms with van der Waals surface area (Å²) in [5, 5.41) is 12.8. The highest BCUT2D eigenvalue weighted by Gasteiger charge is 2.28. The van der Waals surface area contributed by atoms with Crippen molar-refractivity contribution in [2.45, 2.75) is 19.2 Å². The Morgan fingerprint density at radius 2 is 1.83 bits per heavy atom. The number of methoxy groups -OCH3 is 1. The number of fused-ring (bicyclic) bond motifs is 2. The molecule has 1 aliphatic heterocycles. The molecule has 0 aliphatic carbocycles. The average Bonchev–Trinajstić information content (AvgIpc) is 2.91. The standard InChI is InChI=1S/C20H19NO2/c1-23-19-11-10-14-6-2-4-8-16(14)17(19)13-21-18-9-5-3-7-15(18)12-20(21)22/h2-11,20,22H,12-13H2,1H3. The van der Waals surface area contributed by atoms with E-state index < -0.39 is 6.23 Å². The number of nitrogens with zero attached hydrogens (tertiary/aromatic N) is 1. The minimum Gasteiger partial charge on any atom is -0.496 e. The quantitative estimate of drug-likeness (QED) is 0.800. The third-order valence-electron chi connectivity index (χ3n) is 4.61. The molecule has 116 valence electrons. The van der Waals surface area contributed by atoms with E-state index in [2.05, 4.69) is 35.2 Å². The van der Waals surface area contributed by atoms with Gasteiger partial charge in [-0.05, 0) is 28.5 Å². The molecule has 1 aliphatic rings. The lowest BCUT2D eigenvalue weighted by Gasteiger charge is -2.25. The van der Waals surface area contributed by atoms with Crippen LogP contribution in [0.3, 0.4) is 0 Å². The SMILES string of the molecule is COc1ccc2ccccc2c1CN1c2ccccc2CC1O. The van der Waals surface area contributed by atoms with E-state index in [9.17, 15) is 5.11 Å². The molecular formula is C20H19NO2. The lowest BCUT2D eigenvalue weighted by Crippen LogP contribution is -2.31. The molecule has 0 fully saturated rings. The van der Waals surface area contributed by atoms with E-state index in [4.69, 9.17) is 4.74 Å². The average molecular weight is 305 g/mol. The minimum atomic E-state index is -0.490. The lowest BCUT2D eigenvalue weighted by atomic mass is 10.0. The van der Waals surface area contributed by atoms with Crippen LogP contribution in [-0.2, 0) is 13.0 Å². The number of ether oxygens (including phenoxy) is 1. The molecule has 23 heavy (non-hydrogen) atoms. The smallest absolute Gasteiger partial charge is 0.131 e. The van der Waals surface area contributed by atoms with E-state index in [1.54, 1.807) is 7.11 Å². The first-order chi connectivity index (χ1) is 11.3. The van der Waals surface area contributed by atoms with Crippen molar-refractivity contribution in [1.82, 2.24) is 0 Å². The summed E-state index contributed by atoms with van der Waals surface area (Å²) in [5.41, 5.74) is 3.41. The maximum absolute atomic E-state index is 10.5. The van der Waals surface area contributed by atoms with Gasteiger partial charge in [0.1, 0.15) is 12.0 Å². The molecule has 4 rings (SSSR count). The zero-order valence-corrected chi connectivity index (χ0v) is 13.1. The molecule has 0 saturated carbocycles. The van der Waals surface area contributed by atoms with Gasteiger partial charge in [-0.1, -0.05) is 48.5 Å². The lowest BCUT2D eigenvalue weighted by molar-refractivity contribution is 0.177. The highest BCUT2D eigenvalue weighted by molar-refractivity contribution is 5.88. The Morgan fingerprint density at radius 1 is 1.04 bits per heavy atom. The summed E-state index contributed by atoms with van der Waals surface area (Å²) < 4.78 is 5.58. The van der Waals surface area contributed by atoms with Crippen LogP contribution < -0.4 is 9.64 Å². The molecule has 0 saturated heterocycles. The first-order valence-electron chi connectivity index (χ1n) is 7.85. The van der Waals surface area contributed by atoms with Gasteiger partial charge in [-0.15, -0.1) is 0 Å². The first kappa shape index (κ1) is 14.1. The van der Waals surface area contributed by atoms with Gasteiger partial charge in [-0.25, -0.2) is 0 Å². The van der Waals surface area contributed by atoms with Gasteiger partial charge in [-0.2, -0.15) is 0 Å². The second-order valence-electron chi connectivity index (χ2n) is 5.91. The van der Waals surface area contributed by atoms with Crippen LogP contribution in [0.1, 0.15) is 11.1 Å². The van der Waals surface area contributed by atoms with Gasteiger partial charge in [0, 0.05) is 24.2 Å². The summed E-state index contributed by atoms with van der Waals surface area (Å²) in [6.07, 6.45) is 0.180. The van der Waals surface area contributed by atoms with E-state index in [0.29, 0.717) is 13.0 Å². The molecule has 3 aromatic carbocycles. The van der Waals surface area contributed by atoms with Crippen molar-refractivity contribution >= 4 is 16.5 Å². The molecule has 1 unspecified atom stereocenters. The summed E-state index contributed by atoms with van der Waals surface area (Å²) in [6.45, 7) is 0.628. The first-order valence-corrected chi connectivity index (χ1v) is 7.85. The van der Waals surface area contributed by atoms with Crippen molar-refractivity contribution in [1.29, 1.82) is 0 Å². The molecular weight excluding hydrogens is 286 g/mol. The molecule has 1 heterocycles. The zero-order chi connectivity index (χ0) is 15.8. The maximum atomic E-state index is 10.5. The highest BCUT2D eigenvalue weighted by atomic mass is 16.5. The summed E-state index contributed by atoms with van der Waals surface area (Å²) in [6, 6.07) is 20.6. The summed E-state index contributed by atoms with van der Waals surface area (Å²) in [5.74, 6) is 0.861. The van der Waals surface area contributed by atoms with Crippen molar-refractivity contribution < 1.29 is 9.84 Å². The number of aliphatic hydroxyl groups is 1. The second-order valence-corrected chi connectivity index (χ2v) is 5.91. The summed E-state index contributed by atoms with van der Waals surface area (Å²) >= 11 is 0. The van der Waals surface area contributed by atoms with E-state index in [-0.39, 0.29) is 0 Å². The third-order valence-corrected chi connectivity index (χ3v) is 4.61.